The molecule has 9 aromatic rings. The lowest BCUT2D eigenvalue weighted by Crippen LogP contribution is -2.50. The first-order valence-corrected chi connectivity index (χ1v) is 18.8. The largest absolute Gasteiger partial charge is 0.456 e. The van der Waals surface area contributed by atoms with E-state index in [9.17, 15) is 0 Å². The number of hydrogen-bond acceptors (Lipinski definition) is 1. The summed E-state index contributed by atoms with van der Waals surface area (Å²) in [5.74, 6) is 0. The normalized spacial score (nSPS) is 11.6. The second-order valence-electron chi connectivity index (χ2n) is 15.1. The molecule has 1 nitrogen and oxygen atoms in total. The SMILES string of the molecule is Bc1c(B)c(B)c2c(-c3cccc4oc5ccccc5c34)c3c(B)c(B)c(B)c(B)c3c(-c3cc(-c4ccccc4)cc(-c4ccccc4)c3)c2c1B. The van der Waals surface area contributed by atoms with Crippen LogP contribution in [0.3, 0.4) is 0 Å². The average molecular weight is 667 g/mol. The quantitative estimate of drug-likeness (QED) is 0.167. The molecule has 53 heavy (non-hydrogen) atoms. The van der Waals surface area contributed by atoms with E-state index >= 15 is 0 Å². The van der Waals surface area contributed by atoms with E-state index in [1.807, 2.05) is 0 Å². The minimum Gasteiger partial charge on any atom is -0.456 e. The van der Waals surface area contributed by atoms with Crippen LogP contribution in [0.5, 0.6) is 0 Å². The van der Waals surface area contributed by atoms with Crippen molar-refractivity contribution in [3.8, 4) is 44.5 Å². The Bertz CT molecular complexity index is 2830. The molecule has 0 atom stereocenters. The van der Waals surface area contributed by atoms with Crippen LogP contribution in [0.25, 0.3) is 88.0 Å². The van der Waals surface area contributed by atoms with Crippen LogP contribution in [0, 0.1) is 0 Å². The van der Waals surface area contributed by atoms with Gasteiger partial charge in [0.05, 0.1) is 0 Å². The summed E-state index contributed by atoms with van der Waals surface area (Å²) >= 11 is 0. The molecule has 1 aromatic heterocycles. The minimum absolute atomic E-state index is 0.922. The van der Waals surface area contributed by atoms with Crippen LogP contribution in [-0.2, 0) is 0 Å². The standard InChI is InChI=1S/C44H36B8O/c45-37-33-30(25-19-23(21-10-3-1-4-11-21)18-24(20-25)22-12-5-2-6-13-22)34-36(40(48)44(52)42(50)38(34)46)32(35(33)39(47)43(51)41(37)49)27-15-9-17-29-31(27)26-14-7-8-16-28(26)53-29/h1-20H,45-52H2. The molecule has 0 N–H and O–H groups in total. The van der Waals surface area contributed by atoms with Crippen molar-refractivity contribution in [2.75, 3.05) is 0 Å². The first-order chi connectivity index (χ1) is 25.7. The smallest absolute Gasteiger partial charge is 0.139 e. The average Bonchev–Trinajstić information content (AvgIpc) is 3.59. The van der Waals surface area contributed by atoms with E-state index in [4.69, 9.17) is 4.42 Å². The molecule has 0 spiro atoms. The molecule has 0 unspecified atom stereocenters. The Labute approximate surface area is 318 Å². The van der Waals surface area contributed by atoms with Gasteiger partial charge in [-0.2, -0.15) is 0 Å². The second kappa shape index (κ2) is 12.6. The summed E-state index contributed by atoms with van der Waals surface area (Å²) < 4.78 is 6.54. The van der Waals surface area contributed by atoms with E-state index < -0.39 is 0 Å². The summed E-state index contributed by atoms with van der Waals surface area (Å²) in [7, 11) is 18.6. The number of benzene rings is 8. The Balaban J connectivity index is 1.56. The highest BCUT2D eigenvalue weighted by Crippen LogP contribution is 2.45. The zero-order chi connectivity index (χ0) is 36.7. The van der Waals surface area contributed by atoms with E-state index in [2.05, 4.69) is 184 Å². The first kappa shape index (κ1) is 33.4. The van der Waals surface area contributed by atoms with Crippen molar-refractivity contribution in [1.82, 2.24) is 0 Å². The lowest BCUT2D eigenvalue weighted by atomic mass is 9.59. The fraction of sp³-hybridized carbons (Fsp3) is 0. The Morgan fingerprint density at radius 2 is 0.717 bits per heavy atom. The lowest BCUT2D eigenvalue weighted by molar-refractivity contribution is 0.669. The highest BCUT2D eigenvalue weighted by atomic mass is 16.3. The van der Waals surface area contributed by atoms with Crippen molar-refractivity contribution in [3.63, 3.8) is 0 Å². The maximum absolute atomic E-state index is 6.54. The molecule has 0 aliphatic carbocycles. The van der Waals surface area contributed by atoms with Gasteiger partial charge in [0, 0.05) is 10.8 Å². The van der Waals surface area contributed by atoms with Crippen molar-refractivity contribution in [3.05, 3.63) is 121 Å². The highest BCUT2D eigenvalue weighted by Gasteiger charge is 2.27. The molecule has 0 saturated heterocycles. The monoisotopic (exact) mass is 668 g/mol. The zero-order valence-electron chi connectivity index (χ0n) is 32.0. The molecule has 242 valence electrons. The minimum atomic E-state index is 0.922. The predicted octanol–water partition coefficient (Wildman–Crippen LogP) is -1.37. The molecule has 0 aliphatic heterocycles. The first-order valence-electron chi connectivity index (χ1n) is 18.8. The summed E-state index contributed by atoms with van der Waals surface area (Å²) in [6.45, 7) is 0. The van der Waals surface area contributed by atoms with Gasteiger partial charge in [-0.1, -0.05) is 113 Å². The molecule has 0 radical (unpaired) electrons. The Kier molecular flexibility index (Phi) is 7.97. The van der Waals surface area contributed by atoms with E-state index in [-0.39, 0.29) is 0 Å². The fourth-order valence-electron chi connectivity index (χ4n) is 9.03. The third-order valence-corrected chi connectivity index (χ3v) is 12.5. The Hall–Kier alpha value is -5.40. The lowest BCUT2D eigenvalue weighted by Gasteiger charge is -2.28. The van der Waals surface area contributed by atoms with Crippen LogP contribution in [0.15, 0.2) is 126 Å². The Morgan fingerprint density at radius 3 is 1.23 bits per heavy atom. The number of para-hydroxylation sites is 1. The van der Waals surface area contributed by atoms with Gasteiger partial charge in [0.15, 0.2) is 0 Å². The van der Waals surface area contributed by atoms with E-state index in [0.717, 1.165) is 16.6 Å². The van der Waals surface area contributed by atoms with Crippen molar-refractivity contribution < 1.29 is 4.42 Å². The van der Waals surface area contributed by atoms with Crippen LogP contribution in [0.1, 0.15) is 0 Å². The van der Waals surface area contributed by atoms with Crippen molar-refractivity contribution in [2.45, 2.75) is 0 Å². The van der Waals surface area contributed by atoms with Gasteiger partial charge in [0.2, 0.25) is 0 Å². The number of fused-ring (bicyclic) bond motifs is 5. The number of rotatable bonds is 4. The van der Waals surface area contributed by atoms with Crippen LogP contribution in [-0.4, -0.2) is 62.8 Å². The van der Waals surface area contributed by atoms with Gasteiger partial charge < -0.3 is 4.42 Å². The van der Waals surface area contributed by atoms with Crippen LogP contribution in [0.2, 0.25) is 0 Å². The molecule has 0 amide bonds. The van der Waals surface area contributed by atoms with E-state index in [1.54, 1.807) is 0 Å². The summed E-state index contributed by atoms with van der Waals surface area (Å²) in [5.41, 5.74) is 22.6. The molecule has 0 bridgehead atoms. The topological polar surface area (TPSA) is 13.1 Å². The van der Waals surface area contributed by atoms with Crippen molar-refractivity contribution in [2.24, 2.45) is 0 Å². The van der Waals surface area contributed by atoms with Gasteiger partial charge in [0.1, 0.15) is 73.9 Å². The Morgan fingerprint density at radius 1 is 0.302 bits per heavy atom. The molecule has 9 heteroatoms. The molecule has 0 fully saturated rings. The van der Waals surface area contributed by atoms with Crippen LogP contribution >= 0.6 is 0 Å². The zero-order valence-corrected chi connectivity index (χ0v) is 32.0. The highest BCUT2D eigenvalue weighted by molar-refractivity contribution is 6.71. The second-order valence-corrected chi connectivity index (χ2v) is 15.1. The van der Waals surface area contributed by atoms with Gasteiger partial charge >= 0.3 is 0 Å². The van der Waals surface area contributed by atoms with E-state index in [0.29, 0.717) is 0 Å². The van der Waals surface area contributed by atoms with Gasteiger partial charge in [-0.25, -0.2) is 0 Å². The van der Waals surface area contributed by atoms with Crippen LogP contribution in [0.4, 0.5) is 0 Å². The molecule has 8 aromatic carbocycles. The summed E-state index contributed by atoms with van der Waals surface area (Å²) in [5, 5.41) is 7.69. The van der Waals surface area contributed by atoms with Gasteiger partial charge in [-0.15, -0.1) is 21.9 Å². The molecular weight excluding hydrogens is 631 g/mol. The third kappa shape index (κ3) is 5.04. The van der Waals surface area contributed by atoms with Gasteiger partial charge in [0.25, 0.3) is 0 Å². The molecular formula is C44H36B8O. The van der Waals surface area contributed by atoms with Crippen LogP contribution < -0.4 is 43.7 Å². The number of hydrogen-bond donors (Lipinski definition) is 0. The fourth-order valence-corrected chi connectivity index (χ4v) is 9.03. The molecule has 1 heterocycles. The van der Waals surface area contributed by atoms with Crippen molar-refractivity contribution in [1.29, 1.82) is 0 Å². The maximum Gasteiger partial charge on any atom is 0.139 e. The maximum atomic E-state index is 6.54. The molecule has 0 saturated carbocycles. The third-order valence-electron chi connectivity index (χ3n) is 12.5. The summed E-state index contributed by atoms with van der Waals surface area (Å²) in [4.78, 5) is 0. The molecule has 0 aliphatic rings. The predicted molar refractivity (Wildman–Crippen MR) is 256 cm³/mol. The van der Waals surface area contributed by atoms with Crippen molar-refractivity contribution >= 4 is 150 Å². The summed E-state index contributed by atoms with van der Waals surface area (Å²) in [6.07, 6.45) is 0. The number of furan rings is 1. The van der Waals surface area contributed by atoms with E-state index in [1.165, 1.54) is 115 Å². The molecule has 9 rings (SSSR count). The van der Waals surface area contributed by atoms with Gasteiger partial charge in [-0.05, 0) is 96.4 Å². The van der Waals surface area contributed by atoms with Gasteiger partial charge in [-0.3, -0.25) is 0 Å². The summed E-state index contributed by atoms with van der Waals surface area (Å²) in [6, 6.07) is 44.1.